The fourth-order valence-corrected chi connectivity index (χ4v) is 2.68. The van der Waals surface area contributed by atoms with Crippen LogP contribution in [0.5, 0.6) is 5.88 Å². The average Bonchev–Trinajstić information content (AvgIpc) is 2.86. The summed E-state index contributed by atoms with van der Waals surface area (Å²) in [7, 11) is 0. The van der Waals surface area contributed by atoms with E-state index in [0.29, 0.717) is 0 Å². The van der Waals surface area contributed by atoms with E-state index in [1.54, 1.807) is 6.33 Å². The Labute approximate surface area is 125 Å². The van der Waals surface area contributed by atoms with Gasteiger partial charge in [0.2, 0.25) is 5.88 Å². The smallest absolute Gasteiger partial charge is 0.211 e. The number of unbranched alkanes of at least 4 members (excludes halogenated alkanes) is 2. The van der Waals surface area contributed by atoms with Crippen molar-refractivity contribution in [3.05, 3.63) is 47.4 Å². The van der Waals surface area contributed by atoms with E-state index < -0.39 is 0 Å². The molecule has 0 saturated carbocycles. The molecule has 0 bridgehead atoms. The maximum absolute atomic E-state index is 9.89. The molecule has 20 heavy (non-hydrogen) atoms. The monoisotopic (exact) mass is 292 g/mol. The Kier molecular flexibility index (Phi) is 5.48. The lowest BCUT2D eigenvalue weighted by Crippen LogP contribution is -2.11. The molecular formula is C16H21ClN2O. The van der Waals surface area contributed by atoms with Crippen molar-refractivity contribution < 1.29 is 5.11 Å². The number of aromatic hydroxyl groups is 1. The number of imidazole rings is 1. The van der Waals surface area contributed by atoms with Gasteiger partial charge in [-0.05, 0) is 24.5 Å². The number of hydrogen-bond donors (Lipinski definition) is 1. The third-order valence-electron chi connectivity index (χ3n) is 3.59. The van der Waals surface area contributed by atoms with E-state index in [1.165, 1.54) is 19.0 Å². The zero-order valence-corrected chi connectivity index (χ0v) is 12.6. The molecule has 1 N–H and O–H groups in total. The summed E-state index contributed by atoms with van der Waals surface area (Å²) in [5.74, 6) is 0.221. The van der Waals surface area contributed by atoms with Crippen molar-refractivity contribution in [3.63, 3.8) is 0 Å². The van der Waals surface area contributed by atoms with E-state index in [0.717, 1.165) is 29.8 Å². The molecule has 0 spiro atoms. The topological polar surface area (TPSA) is 38.0 Å². The Bertz CT molecular complexity index is 539. The summed E-state index contributed by atoms with van der Waals surface area (Å²) in [6, 6.07) is 8.09. The molecule has 3 nitrogen and oxygen atoms in total. The highest BCUT2D eigenvalue weighted by Gasteiger charge is 2.15. The second kappa shape index (κ2) is 7.34. The molecule has 0 fully saturated rings. The number of aromatic nitrogens is 2. The molecule has 0 aliphatic rings. The molecule has 0 aliphatic carbocycles. The summed E-state index contributed by atoms with van der Waals surface area (Å²) in [6.07, 6.45) is 8.55. The van der Waals surface area contributed by atoms with Gasteiger partial charge in [-0.25, -0.2) is 4.98 Å². The van der Waals surface area contributed by atoms with Crippen LogP contribution in [-0.4, -0.2) is 14.7 Å². The Hall–Kier alpha value is -1.48. The number of hydrogen-bond acceptors (Lipinski definition) is 2. The Balaban J connectivity index is 2.14. The molecule has 0 radical (unpaired) electrons. The van der Waals surface area contributed by atoms with Gasteiger partial charge in [0.25, 0.3) is 0 Å². The van der Waals surface area contributed by atoms with Crippen LogP contribution >= 0.6 is 11.6 Å². The van der Waals surface area contributed by atoms with E-state index in [9.17, 15) is 5.11 Å². The number of halogens is 1. The van der Waals surface area contributed by atoms with Crippen molar-refractivity contribution in [2.24, 2.45) is 0 Å². The predicted molar refractivity (Wildman–Crippen MR) is 82.2 cm³/mol. The first-order chi connectivity index (χ1) is 9.72. The molecule has 1 aromatic heterocycles. The third-order valence-corrected chi connectivity index (χ3v) is 3.96. The minimum absolute atomic E-state index is 0.198. The summed E-state index contributed by atoms with van der Waals surface area (Å²) in [6.45, 7) is 2.19. The van der Waals surface area contributed by atoms with Gasteiger partial charge in [0.15, 0.2) is 0 Å². The fraction of sp³-hybridized carbons (Fsp3) is 0.438. The van der Waals surface area contributed by atoms with Gasteiger partial charge in [0, 0.05) is 11.1 Å². The highest BCUT2D eigenvalue weighted by atomic mass is 35.5. The normalized spacial score (nSPS) is 12.5. The van der Waals surface area contributed by atoms with Gasteiger partial charge >= 0.3 is 0 Å². The standard InChI is InChI=1S/C16H21ClN2O/c1-2-3-4-8-14(19-12-18-11-16(19)20)10-13-7-5-6-9-15(13)17/h5-7,9,11-12,14,20H,2-4,8,10H2,1H3. The minimum atomic E-state index is 0.198. The van der Waals surface area contributed by atoms with Crippen molar-refractivity contribution in [1.29, 1.82) is 0 Å². The molecule has 2 rings (SSSR count). The second-order valence-electron chi connectivity index (χ2n) is 5.10. The molecule has 0 amide bonds. The van der Waals surface area contributed by atoms with Gasteiger partial charge in [0.05, 0.1) is 12.5 Å². The van der Waals surface area contributed by atoms with Crippen LogP contribution in [0.4, 0.5) is 0 Å². The van der Waals surface area contributed by atoms with Gasteiger partial charge in [-0.2, -0.15) is 0 Å². The van der Waals surface area contributed by atoms with Gasteiger partial charge in [-0.3, -0.25) is 4.57 Å². The Morgan fingerprint density at radius 3 is 2.75 bits per heavy atom. The van der Waals surface area contributed by atoms with E-state index in [-0.39, 0.29) is 11.9 Å². The highest BCUT2D eigenvalue weighted by Crippen LogP contribution is 2.28. The second-order valence-corrected chi connectivity index (χ2v) is 5.51. The molecule has 1 unspecified atom stereocenters. The number of nitrogens with zero attached hydrogens (tertiary/aromatic N) is 2. The summed E-state index contributed by atoms with van der Waals surface area (Å²) in [5, 5.41) is 10.7. The summed E-state index contributed by atoms with van der Waals surface area (Å²) < 4.78 is 1.85. The quantitative estimate of drug-likeness (QED) is 0.757. The molecule has 1 aromatic carbocycles. The first-order valence-electron chi connectivity index (χ1n) is 7.16. The third kappa shape index (κ3) is 3.76. The molecule has 1 atom stereocenters. The van der Waals surface area contributed by atoms with E-state index in [2.05, 4.69) is 11.9 Å². The van der Waals surface area contributed by atoms with Crippen LogP contribution in [0.3, 0.4) is 0 Å². The molecule has 2 aromatic rings. The summed E-state index contributed by atoms with van der Waals surface area (Å²) in [4.78, 5) is 4.01. The van der Waals surface area contributed by atoms with Crippen LogP contribution in [0.15, 0.2) is 36.8 Å². The lowest BCUT2D eigenvalue weighted by Gasteiger charge is -2.20. The average molecular weight is 293 g/mol. The maximum Gasteiger partial charge on any atom is 0.211 e. The molecule has 4 heteroatoms. The Morgan fingerprint density at radius 1 is 1.30 bits per heavy atom. The largest absolute Gasteiger partial charge is 0.493 e. The van der Waals surface area contributed by atoms with Crippen LogP contribution in [0, 0.1) is 0 Å². The van der Waals surface area contributed by atoms with Crippen molar-refractivity contribution in [2.45, 2.75) is 45.1 Å². The SMILES string of the molecule is CCCCCC(Cc1ccccc1Cl)n1cncc1O. The Morgan fingerprint density at radius 2 is 2.10 bits per heavy atom. The van der Waals surface area contributed by atoms with Gasteiger partial charge in [-0.15, -0.1) is 0 Å². The van der Waals surface area contributed by atoms with Crippen molar-refractivity contribution in [2.75, 3.05) is 0 Å². The van der Waals surface area contributed by atoms with Gasteiger partial charge in [0.1, 0.15) is 0 Å². The van der Waals surface area contributed by atoms with E-state index in [4.69, 9.17) is 11.6 Å². The molecular weight excluding hydrogens is 272 g/mol. The maximum atomic E-state index is 9.89. The van der Waals surface area contributed by atoms with Crippen LogP contribution in [0.2, 0.25) is 5.02 Å². The van der Waals surface area contributed by atoms with Crippen LogP contribution in [-0.2, 0) is 6.42 Å². The van der Waals surface area contributed by atoms with Crippen molar-refractivity contribution >= 4 is 11.6 Å². The first kappa shape index (κ1) is 14.9. The summed E-state index contributed by atoms with van der Waals surface area (Å²) in [5.41, 5.74) is 1.11. The lowest BCUT2D eigenvalue weighted by molar-refractivity contribution is 0.360. The highest BCUT2D eigenvalue weighted by molar-refractivity contribution is 6.31. The summed E-state index contributed by atoms with van der Waals surface area (Å²) >= 11 is 6.24. The molecule has 0 saturated heterocycles. The minimum Gasteiger partial charge on any atom is -0.493 e. The molecule has 0 aliphatic heterocycles. The molecule has 1 heterocycles. The molecule has 108 valence electrons. The zero-order chi connectivity index (χ0) is 14.4. The first-order valence-corrected chi connectivity index (χ1v) is 7.54. The van der Waals surface area contributed by atoms with E-state index in [1.807, 2.05) is 28.8 Å². The van der Waals surface area contributed by atoms with Crippen LogP contribution in [0.25, 0.3) is 0 Å². The predicted octanol–water partition coefficient (Wildman–Crippen LogP) is 4.61. The van der Waals surface area contributed by atoms with Crippen molar-refractivity contribution in [3.8, 4) is 5.88 Å². The lowest BCUT2D eigenvalue weighted by atomic mass is 10.00. The number of rotatable bonds is 7. The van der Waals surface area contributed by atoms with Gasteiger partial charge in [-0.1, -0.05) is 56.0 Å². The van der Waals surface area contributed by atoms with Crippen LogP contribution in [0.1, 0.15) is 44.2 Å². The van der Waals surface area contributed by atoms with Crippen molar-refractivity contribution in [1.82, 2.24) is 9.55 Å². The number of benzene rings is 1. The van der Waals surface area contributed by atoms with E-state index >= 15 is 0 Å². The fourth-order valence-electron chi connectivity index (χ4n) is 2.47. The zero-order valence-electron chi connectivity index (χ0n) is 11.8. The van der Waals surface area contributed by atoms with Gasteiger partial charge < -0.3 is 5.11 Å². The van der Waals surface area contributed by atoms with Crippen LogP contribution < -0.4 is 0 Å².